The van der Waals surface area contributed by atoms with Gasteiger partial charge in [0.1, 0.15) is 23.1 Å². The second kappa shape index (κ2) is 11.5. The molecule has 1 fully saturated rings. The number of ether oxygens (including phenoxy) is 1. The highest BCUT2D eigenvalue weighted by Gasteiger charge is 2.34. The first-order valence-corrected chi connectivity index (χ1v) is 12.5. The number of nitrogens with zero attached hydrogens (tertiary/aromatic N) is 1. The maximum Gasteiger partial charge on any atom is 0.309 e. The van der Waals surface area contributed by atoms with E-state index >= 15 is 0 Å². The molecule has 184 valence electrons. The molecule has 7 nitrogen and oxygen atoms in total. The first-order valence-electron chi connectivity index (χ1n) is 11.1. The molecule has 10 heteroatoms. The molecule has 0 radical (unpaired) electrons. The minimum atomic E-state index is -4.20. The second-order valence-electron chi connectivity index (χ2n) is 8.26. The zero-order valence-corrected chi connectivity index (χ0v) is 19.7. The monoisotopic (exact) mass is 494 g/mol. The Balaban J connectivity index is 1.37. The topological polar surface area (TPSA) is 92.8 Å². The molecule has 3 rings (SSSR count). The lowest BCUT2D eigenvalue weighted by molar-refractivity contribution is -0.150. The van der Waals surface area contributed by atoms with Crippen molar-refractivity contribution in [2.75, 3.05) is 26.2 Å². The number of nitrogens with one attached hydrogen (secondary N) is 1. The molecule has 1 aliphatic heterocycles. The Labute approximate surface area is 198 Å². The Morgan fingerprint density at radius 3 is 2.44 bits per heavy atom. The summed E-state index contributed by atoms with van der Waals surface area (Å²) in [6.45, 7) is 2.19. The molecular weight excluding hydrogens is 466 g/mol. The van der Waals surface area contributed by atoms with Crippen LogP contribution in [0, 0.1) is 24.5 Å². The molecule has 0 atom stereocenters. The van der Waals surface area contributed by atoms with Crippen molar-refractivity contribution < 1.29 is 31.5 Å². The minimum absolute atomic E-state index is 0.00615. The maximum atomic E-state index is 13.9. The lowest BCUT2D eigenvalue weighted by Gasteiger charge is -2.30. The molecule has 1 aliphatic rings. The van der Waals surface area contributed by atoms with E-state index in [2.05, 4.69) is 5.32 Å². The number of carbonyl (C=O) groups is 2. The Hall–Kier alpha value is -2.85. The molecule has 1 heterocycles. The number of esters is 1. The van der Waals surface area contributed by atoms with Crippen LogP contribution >= 0.6 is 0 Å². The Bertz CT molecular complexity index is 1110. The van der Waals surface area contributed by atoms with Gasteiger partial charge in [0.05, 0.1) is 12.5 Å². The number of amides is 1. The van der Waals surface area contributed by atoms with E-state index in [9.17, 15) is 26.8 Å². The highest BCUT2D eigenvalue weighted by molar-refractivity contribution is 7.89. The molecule has 1 saturated heterocycles. The van der Waals surface area contributed by atoms with Crippen LogP contribution in [-0.2, 0) is 30.8 Å². The van der Waals surface area contributed by atoms with Crippen molar-refractivity contribution in [1.82, 2.24) is 9.62 Å². The molecule has 2 aromatic carbocycles. The van der Waals surface area contributed by atoms with Crippen molar-refractivity contribution in [3.05, 3.63) is 65.2 Å². The second-order valence-corrected chi connectivity index (χ2v) is 10.2. The summed E-state index contributed by atoms with van der Waals surface area (Å²) in [4.78, 5) is 23.5. The largest absolute Gasteiger partial charge is 0.464 e. The van der Waals surface area contributed by atoms with Gasteiger partial charge in [0.2, 0.25) is 15.9 Å². The summed E-state index contributed by atoms with van der Waals surface area (Å²) < 4.78 is 58.9. The number of sulfonamides is 1. The van der Waals surface area contributed by atoms with E-state index in [1.807, 2.05) is 31.2 Å². The first-order chi connectivity index (χ1) is 16.2. The molecular formula is C24H28F2N2O5S. The van der Waals surface area contributed by atoms with E-state index in [0.717, 1.165) is 27.6 Å². The summed E-state index contributed by atoms with van der Waals surface area (Å²) in [5.74, 6) is -2.98. The Morgan fingerprint density at radius 1 is 1.09 bits per heavy atom. The van der Waals surface area contributed by atoms with Crippen LogP contribution in [-0.4, -0.2) is 50.8 Å². The smallest absolute Gasteiger partial charge is 0.309 e. The van der Waals surface area contributed by atoms with Gasteiger partial charge in [-0.2, -0.15) is 4.31 Å². The molecule has 34 heavy (non-hydrogen) atoms. The molecule has 0 saturated carbocycles. The number of rotatable bonds is 9. The van der Waals surface area contributed by atoms with Gasteiger partial charge in [-0.15, -0.1) is 0 Å². The van der Waals surface area contributed by atoms with Gasteiger partial charge in [0.15, 0.2) is 0 Å². The summed E-state index contributed by atoms with van der Waals surface area (Å²) in [6, 6.07) is 10.2. The van der Waals surface area contributed by atoms with Gasteiger partial charge in [-0.05, 0) is 49.9 Å². The number of hydrogen-bond donors (Lipinski definition) is 1. The summed E-state index contributed by atoms with van der Waals surface area (Å²) in [5.41, 5.74) is 2.23. The summed E-state index contributed by atoms with van der Waals surface area (Å²) >= 11 is 0. The highest BCUT2D eigenvalue weighted by atomic mass is 32.2. The van der Waals surface area contributed by atoms with Gasteiger partial charge in [-0.25, -0.2) is 17.2 Å². The zero-order chi connectivity index (χ0) is 24.7. The zero-order valence-electron chi connectivity index (χ0n) is 18.9. The molecule has 0 bridgehead atoms. The van der Waals surface area contributed by atoms with E-state index in [-0.39, 0.29) is 45.0 Å². The Morgan fingerprint density at radius 2 is 1.76 bits per heavy atom. The minimum Gasteiger partial charge on any atom is -0.464 e. The fraction of sp³-hybridized carbons (Fsp3) is 0.417. The average molecular weight is 495 g/mol. The number of halogens is 2. The number of piperidine rings is 1. The van der Waals surface area contributed by atoms with Crippen molar-refractivity contribution in [1.29, 1.82) is 0 Å². The number of benzene rings is 2. The van der Waals surface area contributed by atoms with E-state index in [4.69, 9.17) is 4.74 Å². The molecule has 1 amide bonds. The van der Waals surface area contributed by atoms with Crippen LogP contribution in [0.5, 0.6) is 0 Å². The lowest BCUT2D eigenvalue weighted by atomic mass is 9.98. The van der Waals surface area contributed by atoms with Crippen LogP contribution < -0.4 is 5.32 Å². The van der Waals surface area contributed by atoms with Crippen molar-refractivity contribution in [2.45, 2.75) is 37.5 Å². The van der Waals surface area contributed by atoms with Crippen LogP contribution in [0.25, 0.3) is 0 Å². The summed E-state index contributed by atoms with van der Waals surface area (Å²) in [5, 5.41) is 2.71. The number of aryl methyl sites for hydroxylation is 2. The third-order valence-corrected chi connectivity index (χ3v) is 7.64. The third kappa shape index (κ3) is 6.83. The molecule has 0 aliphatic carbocycles. The van der Waals surface area contributed by atoms with Gasteiger partial charge in [0.25, 0.3) is 0 Å². The molecule has 2 aromatic rings. The van der Waals surface area contributed by atoms with Crippen LogP contribution in [0.2, 0.25) is 0 Å². The van der Waals surface area contributed by atoms with E-state index in [1.165, 1.54) is 0 Å². The maximum absolute atomic E-state index is 13.9. The van der Waals surface area contributed by atoms with Crippen molar-refractivity contribution in [3.63, 3.8) is 0 Å². The average Bonchev–Trinajstić information content (AvgIpc) is 2.83. The van der Waals surface area contributed by atoms with E-state index in [0.29, 0.717) is 18.9 Å². The van der Waals surface area contributed by atoms with Gasteiger partial charge >= 0.3 is 5.97 Å². The van der Waals surface area contributed by atoms with Crippen molar-refractivity contribution in [2.24, 2.45) is 5.92 Å². The molecule has 0 aromatic heterocycles. The van der Waals surface area contributed by atoms with Crippen LogP contribution in [0.15, 0.2) is 47.4 Å². The lowest BCUT2D eigenvalue weighted by Crippen LogP contribution is -2.41. The van der Waals surface area contributed by atoms with Gasteiger partial charge in [0, 0.05) is 19.5 Å². The van der Waals surface area contributed by atoms with Crippen LogP contribution in [0.4, 0.5) is 8.78 Å². The first kappa shape index (κ1) is 25.8. The van der Waals surface area contributed by atoms with Crippen LogP contribution in [0.3, 0.4) is 0 Å². The number of carbonyl (C=O) groups excluding carboxylic acids is 2. The molecule has 0 spiro atoms. The predicted molar refractivity (Wildman–Crippen MR) is 121 cm³/mol. The summed E-state index contributed by atoms with van der Waals surface area (Å²) in [6.07, 6.45) is 1.36. The molecule has 0 unspecified atom stereocenters. The highest BCUT2D eigenvalue weighted by Crippen LogP contribution is 2.26. The molecule has 1 N–H and O–H groups in total. The normalized spacial score (nSPS) is 15.1. The Kier molecular flexibility index (Phi) is 8.73. The van der Waals surface area contributed by atoms with Crippen molar-refractivity contribution >= 4 is 21.9 Å². The van der Waals surface area contributed by atoms with E-state index in [1.54, 1.807) is 0 Å². The van der Waals surface area contributed by atoms with Crippen molar-refractivity contribution in [3.8, 4) is 0 Å². The number of hydrogen-bond acceptors (Lipinski definition) is 5. The quantitative estimate of drug-likeness (QED) is 0.428. The standard InChI is InChI=1S/C24H28F2N2O5S/c1-17-2-4-18(5-3-17)6-9-23(29)27-12-15-33-24(30)19-10-13-28(14-11-19)34(31,32)22-16-20(25)7-8-21(22)26/h2-5,7-8,16,19H,6,9-15H2,1H3,(H,27,29). The van der Waals surface area contributed by atoms with Gasteiger partial charge in [-0.1, -0.05) is 29.8 Å². The SMILES string of the molecule is Cc1ccc(CCC(=O)NCCOC(=O)C2CCN(S(=O)(=O)c3cc(F)ccc3F)CC2)cc1. The fourth-order valence-corrected chi connectivity index (χ4v) is 5.25. The van der Waals surface area contributed by atoms with Crippen LogP contribution in [0.1, 0.15) is 30.4 Å². The van der Waals surface area contributed by atoms with Gasteiger partial charge < -0.3 is 10.1 Å². The third-order valence-electron chi connectivity index (χ3n) is 5.73. The van der Waals surface area contributed by atoms with E-state index < -0.39 is 38.4 Å². The van der Waals surface area contributed by atoms with Gasteiger partial charge in [-0.3, -0.25) is 9.59 Å². The predicted octanol–water partition coefficient (Wildman–Crippen LogP) is 2.97. The fourth-order valence-electron chi connectivity index (χ4n) is 3.71. The summed E-state index contributed by atoms with van der Waals surface area (Å²) in [7, 11) is -4.20.